The summed E-state index contributed by atoms with van der Waals surface area (Å²) in [5, 5.41) is 0. The number of halogens is 2. The molecule has 1 aliphatic carbocycles. The summed E-state index contributed by atoms with van der Waals surface area (Å²) in [6.45, 7) is 3.52. The van der Waals surface area contributed by atoms with Crippen LogP contribution in [0.15, 0.2) is 12.4 Å². The molecule has 0 aromatic carbocycles. The molecular weight excluding hydrogens is 306 g/mol. The van der Waals surface area contributed by atoms with E-state index in [0.717, 1.165) is 4.57 Å². The highest BCUT2D eigenvalue weighted by Gasteiger charge is 2.63. The zero-order valence-corrected chi connectivity index (χ0v) is 13.9. The van der Waals surface area contributed by atoms with E-state index in [1.54, 1.807) is 7.05 Å². The van der Waals surface area contributed by atoms with Crippen molar-refractivity contribution in [3.63, 3.8) is 0 Å². The molecule has 2 rings (SSSR count). The van der Waals surface area contributed by atoms with Gasteiger partial charge in [0.25, 0.3) is 0 Å². The van der Waals surface area contributed by atoms with Gasteiger partial charge < -0.3 is 15.4 Å². The first-order valence-electron chi connectivity index (χ1n) is 7.61. The fraction of sp³-hybridized carbons (Fsp3) is 0.733. The third kappa shape index (κ3) is 2.85. The standard InChI is InChI=1S/C15H24F2N4O2/c1-5-23-10-8-15(18,14(10,2)3)12(22)20(4)9-11-19-6-7-21(11)13(16)17/h6-7,10,13H,5,8-9,18H2,1-4H3. The molecule has 8 heteroatoms. The quantitative estimate of drug-likeness (QED) is 0.863. The molecule has 0 radical (unpaired) electrons. The summed E-state index contributed by atoms with van der Waals surface area (Å²) in [4.78, 5) is 18.0. The number of carbonyl (C=O) groups excluding carboxylic acids is 1. The Morgan fingerprint density at radius 1 is 1.61 bits per heavy atom. The van der Waals surface area contributed by atoms with Crippen molar-refractivity contribution in [3.05, 3.63) is 18.2 Å². The zero-order chi connectivity index (χ0) is 17.4. The minimum Gasteiger partial charge on any atom is -0.378 e. The normalized spacial score (nSPS) is 26.2. The van der Waals surface area contributed by atoms with Crippen molar-refractivity contribution in [2.24, 2.45) is 11.1 Å². The summed E-state index contributed by atoms with van der Waals surface area (Å²) in [5.74, 6) is -0.166. The highest BCUT2D eigenvalue weighted by atomic mass is 19.3. The van der Waals surface area contributed by atoms with Crippen LogP contribution < -0.4 is 5.73 Å². The first-order valence-corrected chi connectivity index (χ1v) is 7.61. The molecule has 130 valence electrons. The van der Waals surface area contributed by atoms with Crippen molar-refractivity contribution in [3.8, 4) is 0 Å². The monoisotopic (exact) mass is 330 g/mol. The molecule has 0 spiro atoms. The second kappa shape index (κ2) is 6.16. The number of aromatic nitrogens is 2. The first kappa shape index (κ1) is 17.8. The Hall–Kier alpha value is -1.54. The summed E-state index contributed by atoms with van der Waals surface area (Å²) >= 11 is 0. The fourth-order valence-electron chi connectivity index (χ4n) is 3.07. The van der Waals surface area contributed by atoms with Crippen molar-refractivity contribution in [2.45, 2.75) is 51.9 Å². The van der Waals surface area contributed by atoms with Gasteiger partial charge in [0, 0.05) is 37.9 Å². The van der Waals surface area contributed by atoms with Crippen LogP contribution in [0.4, 0.5) is 8.78 Å². The average molecular weight is 330 g/mol. The van der Waals surface area contributed by atoms with Crippen molar-refractivity contribution < 1.29 is 18.3 Å². The third-order valence-corrected chi connectivity index (χ3v) is 4.90. The van der Waals surface area contributed by atoms with E-state index in [1.807, 2.05) is 20.8 Å². The van der Waals surface area contributed by atoms with E-state index in [0.29, 0.717) is 13.0 Å². The number of nitrogens with zero attached hydrogens (tertiary/aromatic N) is 3. The lowest BCUT2D eigenvalue weighted by atomic mass is 9.54. The second-order valence-electron chi connectivity index (χ2n) is 6.53. The van der Waals surface area contributed by atoms with E-state index in [-0.39, 0.29) is 24.4 Å². The zero-order valence-electron chi connectivity index (χ0n) is 13.9. The molecule has 1 heterocycles. The molecule has 1 aromatic rings. The van der Waals surface area contributed by atoms with Gasteiger partial charge in [0.1, 0.15) is 11.4 Å². The van der Waals surface area contributed by atoms with E-state index in [4.69, 9.17) is 10.5 Å². The van der Waals surface area contributed by atoms with Crippen LogP contribution in [0.25, 0.3) is 0 Å². The van der Waals surface area contributed by atoms with Gasteiger partial charge in [0.15, 0.2) is 0 Å². The van der Waals surface area contributed by atoms with Gasteiger partial charge in [-0.25, -0.2) is 4.98 Å². The van der Waals surface area contributed by atoms with Crippen LogP contribution >= 0.6 is 0 Å². The smallest absolute Gasteiger partial charge is 0.319 e. The van der Waals surface area contributed by atoms with E-state index in [9.17, 15) is 13.6 Å². The summed E-state index contributed by atoms with van der Waals surface area (Å²) in [6.07, 6.45) is 2.81. The Balaban J connectivity index is 2.10. The van der Waals surface area contributed by atoms with Crippen LogP contribution in [0.3, 0.4) is 0 Å². The predicted octanol–water partition coefficient (Wildman–Crippen LogP) is 1.77. The summed E-state index contributed by atoms with van der Waals surface area (Å²) in [6, 6.07) is 0. The lowest BCUT2D eigenvalue weighted by Gasteiger charge is -2.58. The Labute approximate surface area is 134 Å². The molecule has 1 saturated carbocycles. The molecule has 2 unspecified atom stereocenters. The maximum atomic E-state index is 12.9. The molecule has 2 atom stereocenters. The largest absolute Gasteiger partial charge is 0.378 e. The first-order chi connectivity index (χ1) is 10.6. The number of carbonyl (C=O) groups is 1. The third-order valence-electron chi connectivity index (χ3n) is 4.90. The van der Waals surface area contributed by atoms with Gasteiger partial charge in [0.2, 0.25) is 5.91 Å². The number of ether oxygens (including phenoxy) is 1. The van der Waals surface area contributed by atoms with Gasteiger partial charge in [-0.15, -0.1) is 0 Å². The molecule has 2 N–H and O–H groups in total. The van der Waals surface area contributed by atoms with Crippen LogP contribution in [0.1, 0.15) is 39.6 Å². The molecule has 0 aliphatic heterocycles. The Morgan fingerprint density at radius 3 is 2.78 bits per heavy atom. The van der Waals surface area contributed by atoms with Crippen molar-refractivity contribution in [1.82, 2.24) is 14.5 Å². The summed E-state index contributed by atoms with van der Waals surface area (Å²) in [5.41, 5.74) is 4.74. The van der Waals surface area contributed by atoms with E-state index in [1.165, 1.54) is 17.3 Å². The van der Waals surface area contributed by atoms with Crippen LogP contribution in [-0.4, -0.2) is 45.7 Å². The molecule has 23 heavy (non-hydrogen) atoms. The van der Waals surface area contributed by atoms with E-state index < -0.39 is 17.5 Å². The predicted molar refractivity (Wildman–Crippen MR) is 80.7 cm³/mol. The van der Waals surface area contributed by atoms with Gasteiger partial charge in [-0.2, -0.15) is 8.78 Å². The highest BCUT2D eigenvalue weighted by molar-refractivity contribution is 5.88. The van der Waals surface area contributed by atoms with Crippen molar-refractivity contribution in [1.29, 1.82) is 0 Å². The van der Waals surface area contributed by atoms with Gasteiger partial charge in [0.05, 0.1) is 12.6 Å². The van der Waals surface area contributed by atoms with Crippen LogP contribution in [-0.2, 0) is 16.1 Å². The Bertz CT molecular complexity index is 576. The number of hydrogen-bond donors (Lipinski definition) is 1. The number of alkyl halides is 2. The topological polar surface area (TPSA) is 73.4 Å². The highest BCUT2D eigenvalue weighted by Crippen LogP contribution is 2.50. The van der Waals surface area contributed by atoms with E-state index in [2.05, 4.69) is 4.98 Å². The van der Waals surface area contributed by atoms with Gasteiger partial charge in [-0.3, -0.25) is 9.36 Å². The minimum atomic E-state index is -2.69. The average Bonchev–Trinajstić information content (AvgIpc) is 2.94. The molecule has 1 aliphatic rings. The summed E-state index contributed by atoms with van der Waals surface area (Å²) in [7, 11) is 1.55. The lowest BCUT2D eigenvalue weighted by molar-refractivity contribution is -0.178. The van der Waals surface area contributed by atoms with Gasteiger partial charge >= 0.3 is 6.55 Å². The number of amides is 1. The number of rotatable bonds is 6. The number of nitrogens with two attached hydrogens (primary N) is 1. The SMILES string of the molecule is CCOC1CC(N)(C(=O)N(C)Cc2nccn2C(F)F)C1(C)C. The molecule has 1 aromatic heterocycles. The maximum Gasteiger partial charge on any atom is 0.319 e. The second-order valence-corrected chi connectivity index (χ2v) is 6.53. The molecule has 0 bridgehead atoms. The molecule has 1 fully saturated rings. The summed E-state index contributed by atoms with van der Waals surface area (Å²) < 4.78 is 32.1. The maximum absolute atomic E-state index is 12.9. The number of likely N-dealkylation sites (N-methyl/N-ethyl adjacent to an activating group) is 1. The minimum absolute atomic E-state index is 0.0233. The fourth-order valence-corrected chi connectivity index (χ4v) is 3.07. The lowest BCUT2D eigenvalue weighted by Crippen LogP contribution is -2.75. The molecule has 6 nitrogen and oxygen atoms in total. The van der Waals surface area contributed by atoms with Crippen LogP contribution in [0, 0.1) is 5.41 Å². The van der Waals surface area contributed by atoms with Crippen LogP contribution in [0.2, 0.25) is 0 Å². The Kier molecular flexibility index (Phi) is 4.77. The van der Waals surface area contributed by atoms with Gasteiger partial charge in [-0.1, -0.05) is 13.8 Å². The molecule has 1 amide bonds. The van der Waals surface area contributed by atoms with Gasteiger partial charge in [-0.05, 0) is 6.92 Å². The Morgan fingerprint density at radius 2 is 2.26 bits per heavy atom. The van der Waals surface area contributed by atoms with Crippen molar-refractivity contribution in [2.75, 3.05) is 13.7 Å². The van der Waals surface area contributed by atoms with Crippen LogP contribution in [0.5, 0.6) is 0 Å². The van der Waals surface area contributed by atoms with E-state index >= 15 is 0 Å². The number of hydrogen-bond acceptors (Lipinski definition) is 4. The number of imidazole rings is 1. The molecule has 0 saturated heterocycles. The molecular formula is C15H24F2N4O2. The van der Waals surface area contributed by atoms with Crippen molar-refractivity contribution >= 4 is 5.91 Å².